The molecule has 0 atom stereocenters. The number of carbonyl (C=O) groups excluding carboxylic acids is 1. The number of aromatic nitrogens is 2. The van der Waals surface area contributed by atoms with Crippen LogP contribution in [-0.2, 0) is 16.2 Å². The number of imidazole rings is 1. The molecule has 150 valence electrons. The normalized spacial score (nSPS) is 12.0. The van der Waals surface area contributed by atoms with E-state index >= 15 is 0 Å². The van der Waals surface area contributed by atoms with Gasteiger partial charge in [0, 0.05) is 12.4 Å². The number of pyridine rings is 1. The molecule has 0 aliphatic heterocycles. The van der Waals surface area contributed by atoms with Crippen LogP contribution in [0.1, 0.15) is 32.7 Å². The summed E-state index contributed by atoms with van der Waals surface area (Å²) in [6.45, 7) is 3.03. The number of benzene rings is 1. The summed E-state index contributed by atoms with van der Waals surface area (Å²) in [4.78, 5) is 16.0. The smallest absolute Gasteiger partial charge is 0.306 e. The van der Waals surface area contributed by atoms with E-state index in [1.807, 2.05) is 10.8 Å². The van der Waals surface area contributed by atoms with Crippen LogP contribution < -0.4 is 4.72 Å². The Bertz CT molecular complexity index is 1290. The third-order valence-electron chi connectivity index (χ3n) is 4.17. The van der Waals surface area contributed by atoms with Crippen LogP contribution in [0, 0.1) is 25.2 Å². The molecule has 3 aromatic rings. The number of hydrogen-bond donors (Lipinski definition) is 1. The number of nitrogens with zero attached hydrogens (tertiary/aromatic N) is 3. The fourth-order valence-corrected chi connectivity index (χ4v) is 3.97. The Morgan fingerprint density at radius 2 is 1.86 bits per heavy atom. The zero-order chi connectivity index (χ0) is 21.6. The largest absolute Gasteiger partial charge is 0.417 e. The predicted molar refractivity (Wildman–Crippen MR) is 95.5 cm³/mol. The third kappa shape index (κ3) is 3.93. The minimum atomic E-state index is -4.57. The van der Waals surface area contributed by atoms with Gasteiger partial charge in [-0.2, -0.15) is 18.4 Å². The number of carbonyl (C=O) groups is 1. The first kappa shape index (κ1) is 20.3. The lowest BCUT2D eigenvalue weighted by Crippen LogP contribution is -2.31. The third-order valence-corrected chi connectivity index (χ3v) is 5.64. The Labute approximate surface area is 163 Å². The first-order valence-electron chi connectivity index (χ1n) is 8.07. The summed E-state index contributed by atoms with van der Waals surface area (Å²) in [6.07, 6.45) is -2.82. The average Bonchev–Trinajstić information content (AvgIpc) is 3.05. The Kier molecular flexibility index (Phi) is 4.84. The molecule has 0 radical (unpaired) electrons. The zero-order valence-electron chi connectivity index (χ0n) is 15.1. The van der Waals surface area contributed by atoms with E-state index in [1.165, 1.54) is 19.1 Å². The average molecular weight is 422 g/mol. The number of sulfonamides is 1. The van der Waals surface area contributed by atoms with Crippen molar-refractivity contribution in [1.29, 1.82) is 5.26 Å². The van der Waals surface area contributed by atoms with Crippen LogP contribution in [0.15, 0.2) is 41.6 Å². The molecular formula is C18H13F3N4O3S. The summed E-state index contributed by atoms with van der Waals surface area (Å²) in [5, 5.41) is 9.02. The van der Waals surface area contributed by atoms with Gasteiger partial charge in [0.2, 0.25) is 0 Å². The van der Waals surface area contributed by atoms with Gasteiger partial charge in [0.05, 0.1) is 22.1 Å². The molecule has 3 rings (SSSR count). The second-order valence-electron chi connectivity index (χ2n) is 6.29. The van der Waals surface area contributed by atoms with E-state index in [2.05, 4.69) is 4.98 Å². The van der Waals surface area contributed by atoms with Gasteiger partial charge in [0.1, 0.15) is 11.3 Å². The van der Waals surface area contributed by atoms with Crippen molar-refractivity contribution in [2.45, 2.75) is 24.9 Å². The highest BCUT2D eigenvalue weighted by Gasteiger charge is 2.31. The van der Waals surface area contributed by atoms with Crippen LogP contribution in [0.5, 0.6) is 0 Å². The second kappa shape index (κ2) is 6.89. The fraction of sp³-hybridized carbons (Fsp3) is 0.167. The van der Waals surface area contributed by atoms with E-state index in [4.69, 9.17) is 5.26 Å². The van der Waals surface area contributed by atoms with Crippen LogP contribution >= 0.6 is 0 Å². The molecule has 0 saturated heterocycles. The van der Waals surface area contributed by atoms with Gasteiger partial charge >= 0.3 is 6.18 Å². The number of fused-ring (bicyclic) bond motifs is 1. The minimum Gasteiger partial charge on any atom is -0.306 e. The van der Waals surface area contributed by atoms with Crippen molar-refractivity contribution in [1.82, 2.24) is 14.1 Å². The highest BCUT2D eigenvalue weighted by molar-refractivity contribution is 7.90. The summed E-state index contributed by atoms with van der Waals surface area (Å²) in [6, 6.07) is 6.47. The number of rotatable bonds is 3. The monoisotopic (exact) mass is 422 g/mol. The summed E-state index contributed by atoms with van der Waals surface area (Å²) >= 11 is 0. The quantitative estimate of drug-likeness (QED) is 0.699. The predicted octanol–water partition coefficient (Wildman–Crippen LogP) is 2.96. The van der Waals surface area contributed by atoms with Crippen LogP contribution in [0.4, 0.5) is 13.2 Å². The fourth-order valence-electron chi connectivity index (χ4n) is 2.70. The van der Waals surface area contributed by atoms with Crippen molar-refractivity contribution in [3.8, 4) is 6.07 Å². The molecule has 11 heteroatoms. The lowest BCUT2D eigenvalue weighted by molar-refractivity contribution is -0.137. The van der Waals surface area contributed by atoms with Crippen molar-refractivity contribution in [3.63, 3.8) is 0 Å². The Hall–Kier alpha value is -3.39. The maximum Gasteiger partial charge on any atom is 0.417 e. The molecule has 29 heavy (non-hydrogen) atoms. The van der Waals surface area contributed by atoms with Gasteiger partial charge < -0.3 is 4.40 Å². The van der Waals surface area contributed by atoms with Crippen molar-refractivity contribution in [2.24, 2.45) is 0 Å². The highest BCUT2D eigenvalue weighted by Crippen LogP contribution is 2.29. The molecule has 0 unspecified atom stereocenters. The van der Waals surface area contributed by atoms with E-state index in [0.717, 1.165) is 28.9 Å². The summed E-state index contributed by atoms with van der Waals surface area (Å²) in [7, 11) is -4.29. The molecule has 0 spiro atoms. The minimum absolute atomic E-state index is 0.0472. The molecule has 0 bridgehead atoms. The molecule has 0 aliphatic rings. The topological polar surface area (TPSA) is 104 Å². The zero-order valence-corrected chi connectivity index (χ0v) is 15.9. The van der Waals surface area contributed by atoms with E-state index in [-0.39, 0.29) is 21.8 Å². The van der Waals surface area contributed by atoms with Gasteiger partial charge in [-0.25, -0.2) is 18.1 Å². The van der Waals surface area contributed by atoms with E-state index in [0.29, 0.717) is 11.1 Å². The molecule has 1 amide bonds. The number of halogens is 3. The molecule has 0 saturated carbocycles. The highest BCUT2D eigenvalue weighted by atomic mass is 32.2. The molecule has 7 nitrogen and oxygen atoms in total. The number of nitrogens with one attached hydrogen (secondary N) is 1. The number of nitriles is 1. The van der Waals surface area contributed by atoms with Gasteiger partial charge in [0.15, 0.2) is 0 Å². The summed E-state index contributed by atoms with van der Waals surface area (Å²) in [5.74, 6) is -1.09. The van der Waals surface area contributed by atoms with Crippen LogP contribution in [0.25, 0.3) is 5.65 Å². The number of alkyl halides is 3. The Morgan fingerprint density at radius 3 is 2.48 bits per heavy atom. The van der Waals surface area contributed by atoms with E-state index in [1.54, 1.807) is 6.92 Å². The SMILES string of the molecule is Cc1cc(S(=O)(=O)NC(=O)c2cn3cc(C(F)(F)F)ccc3n2)c(C)cc1C#N. The van der Waals surface area contributed by atoms with Gasteiger partial charge in [-0.05, 0) is 49.2 Å². The van der Waals surface area contributed by atoms with Gasteiger partial charge in [-0.1, -0.05) is 0 Å². The summed E-state index contributed by atoms with van der Waals surface area (Å²) < 4.78 is 66.4. The first-order chi connectivity index (χ1) is 13.4. The maximum absolute atomic E-state index is 12.8. The van der Waals surface area contributed by atoms with Crippen molar-refractivity contribution >= 4 is 21.6 Å². The number of hydrogen-bond acceptors (Lipinski definition) is 5. The molecule has 2 heterocycles. The second-order valence-corrected chi connectivity index (χ2v) is 7.94. The molecule has 0 fully saturated rings. The van der Waals surface area contributed by atoms with E-state index < -0.39 is 27.7 Å². The van der Waals surface area contributed by atoms with Crippen LogP contribution in [0.2, 0.25) is 0 Å². The lowest BCUT2D eigenvalue weighted by atomic mass is 10.1. The summed E-state index contributed by atoms with van der Waals surface area (Å²) in [5.41, 5.74) is -0.281. The standard InChI is InChI=1S/C18H13F3N4O3S/c1-10-6-15(11(2)5-12(10)7-22)29(27,28)24-17(26)14-9-25-8-13(18(19,20)21)3-4-16(25)23-14/h3-6,8-9H,1-2H3,(H,24,26). The molecule has 0 aliphatic carbocycles. The molecular weight excluding hydrogens is 409 g/mol. The van der Waals surface area contributed by atoms with Crippen molar-refractivity contribution < 1.29 is 26.4 Å². The number of aryl methyl sites for hydroxylation is 2. The van der Waals surface area contributed by atoms with Crippen molar-refractivity contribution in [3.05, 3.63) is 64.6 Å². The van der Waals surface area contributed by atoms with Crippen molar-refractivity contribution in [2.75, 3.05) is 0 Å². The van der Waals surface area contributed by atoms with Gasteiger partial charge in [0.25, 0.3) is 15.9 Å². The number of amides is 1. The Balaban J connectivity index is 1.94. The van der Waals surface area contributed by atoms with Gasteiger partial charge in [-0.15, -0.1) is 0 Å². The maximum atomic E-state index is 12.8. The first-order valence-corrected chi connectivity index (χ1v) is 9.55. The Morgan fingerprint density at radius 1 is 1.17 bits per heavy atom. The molecule has 2 aromatic heterocycles. The van der Waals surface area contributed by atoms with Gasteiger partial charge in [-0.3, -0.25) is 4.79 Å². The lowest BCUT2D eigenvalue weighted by Gasteiger charge is -2.10. The van der Waals surface area contributed by atoms with E-state index in [9.17, 15) is 26.4 Å². The van der Waals surface area contributed by atoms with Crippen LogP contribution in [0.3, 0.4) is 0 Å². The molecule has 1 N–H and O–H groups in total. The van der Waals surface area contributed by atoms with Crippen LogP contribution in [-0.4, -0.2) is 23.7 Å². The molecule has 1 aromatic carbocycles.